The molecule has 7 nitrogen and oxygen atoms in total. The molecule has 2 rings (SSSR count). The summed E-state index contributed by atoms with van der Waals surface area (Å²) >= 11 is 0. The largest absolute Gasteiger partial charge is 0.394 e. The van der Waals surface area contributed by atoms with Crippen LogP contribution in [0.25, 0.3) is 0 Å². The molecule has 1 heterocycles. The highest BCUT2D eigenvalue weighted by molar-refractivity contribution is 5.75. The molecule has 7 heteroatoms. The summed E-state index contributed by atoms with van der Waals surface area (Å²) in [7, 11) is 0. The number of rotatable bonds is 6. The van der Waals surface area contributed by atoms with Gasteiger partial charge in [-0.15, -0.1) is 10.2 Å². The molecule has 2 amide bonds. The van der Waals surface area contributed by atoms with Crippen LogP contribution < -0.4 is 10.6 Å². The number of aliphatic hydroxyl groups excluding tert-OH is 1. The number of aliphatic hydroxyl groups is 1. The van der Waals surface area contributed by atoms with Crippen LogP contribution in [0.2, 0.25) is 0 Å². The van der Waals surface area contributed by atoms with Crippen LogP contribution in [0.5, 0.6) is 0 Å². The quantitative estimate of drug-likeness (QED) is 0.738. The third-order valence-corrected chi connectivity index (χ3v) is 4.09. The predicted molar refractivity (Wildman–Crippen MR) is 78.7 cm³/mol. The molecule has 0 bridgehead atoms. The van der Waals surface area contributed by atoms with Crippen molar-refractivity contribution in [2.75, 3.05) is 6.61 Å². The number of carbonyl (C=O) groups is 1. The highest BCUT2D eigenvalue weighted by Gasteiger charge is 2.35. The summed E-state index contributed by atoms with van der Waals surface area (Å²) < 4.78 is 1.95. The van der Waals surface area contributed by atoms with E-state index in [0.717, 1.165) is 44.5 Å². The first kappa shape index (κ1) is 15.8. The van der Waals surface area contributed by atoms with Gasteiger partial charge in [0.2, 0.25) is 0 Å². The fourth-order valence-corrected chi connectivity index (χ4v) is 2.92. The molecule has 0 saturated heterocycles. The Morgan fingerprint density at radius 1 is 1.52 bits per heavy atom. The van der Waals surface area contributed by atoms with Crippen molar-refractivity contribution in [3.63, 3.8) is 0 Å². The SMILES string of the molecule is CCCn1cnnc1[C@@H](C)NC(=O)NC1(CO)CCCC1. The van der Waals surface area contributed by atoms with Gasteiger partial charge in [-0.25, -0.2) is 4.79 Å². The molecule has 118 valence electrons. The third kappa shape index (κ3) is 3.72. The van der Waals surface area contributed by atoms with Gasteiger partial charge in [0, 0.05) is 6.54 Å². The molecule has 0 radical (unpaired) electrons. The van der Waals surface area contributed by atoms with E-state index in [2.05, 4.69) is 27.8 Å². The van der Waals surface area contributed by atoms with Gasteiger partial charge < -0.3 is 20.3 Å². The maximum atomic E-state index is 12.1. The molecule has 0 aliphatic heterocycles. The molecular weight excluding hydrogens is 270 g/mol. The Bertz CT molecular complexity index is 468. The normalized spacial score (nSPS) is 18.4. The average Bonchev–Trinajstić information content (AvgIpc) is 3.09. The van der Waals surface area contributed by atoms with Gasteiger partial charge in [-0.05, 0) is 26.2 Å². The number of nitrogens with one attached hydrogen (secondary N) is 2. The van der Waals surface area contributed by atoms with Crippen molar-refractivity contribution < 1.29 is 9.90 Å². The van der Waals surface area contributed by atoms with Gasteiger partial charge in [0.15, 0.2) is 5.82 Å². The van der Waals surface area contributed by atoms with Gasteiger partial charge in [-0.3, -0.25) is 0 Å². The minimum absolute atomic E-state index is 0.0131. The number of carbonyl (C=O) groups excluding carboxylic acids is 1. The molecule has 0 spiro atoms. The Hall–Kier alpha value is -1.63. The molecule has 3 N–H and O–H groups in total. The van der Waals surface area contributed by atoms with Gasteiger partial charge in [0.25, 0.3) is 0 Å². The zero-order valence-electron chi connectivity index (χ0n) is 12.8. The van der Waals surface area contributed by atoms with E-state index in [9.17, 15) is 9.90 Å². The molecule has 0 aromatic carbocycles. The zero-order valence-corrected chi connectivity index (χ0v) is 12.8. The number of aromatic nitrogens is 3. The van der Waals surface area contributed by atoms with Crippen molar-refractivity contribution in [1.29, 1.82) is 0 Å². The van der Waals surface area contributed by atoms with E-state index in [1.54, 1.807) is 6.33 Å². The molecule has 1 saturated carbocycles. The van der Waals surface area contributed by atoms with Crippen molar-refractivity contribution in [2.45, 2.75) is 64.1 Å². The summed E-state index contributed by atoms with van der Waals surface area (Å²) in [5.41, 5.74) is -0.457. The average molecular weight is 295 g/mol. The van der Waals surface area contributed by atoms with E-state index in [1.165, 1.54) is 0 Å². The Kier molecular flexibility index (Phi) is 5.17. The number of amides is 2. The molecular formula is C14H25N5O2. The fraction of sp³-hybridized carbons (Fsp3) is 0.786. The van der Waals surface area contributed by atoms with Crippen molar-refractivity contribution in [3.05, 3.63) is 12.2 Å². The fourth-order valence-electron chi connectivity index (χ4n) is 2.92. The maximum absolute atomic E-state index is 12.1. The summed E-state index contributed by atoms with van der Waals surface area (Å²) in [6.07, 6.45) is 6.41. The molecule has 1 atom stereocenters. The van der Waals surface area contributed by atoms with Crippen LogP contribution in [0.1, 0.15) is 57.8 Å². The van der Waals surface area contributed by atoms with Crippen LogP contribution in [0, 0.1) is 0 Å². The molecule has 0 unspecified atom stereocenters. The van der Waals surface area contributed by atoms with Crippen LogP contribution in [-0.4, -0.2) is 38.0 Å². The lowest BCUT2D eigenvalue weighted by molar-refractivity contribution is 0.161. The minimum atomic E-state index is -0.457. The van der Waals surface area contributed by atoms with Gasteiger partial charge in [0.1, 0.15) is 6.33 Å². The van der Waals surface area contributed by atoms with Crippen LogP contribution in [-0.2, 0) is 6.54 Å². The van der Waals surface area contributed by atoms with E-state index in [1.807, 2.05) is 11.5 Å². The van der Waals surface area contributed by atoms with E-state index < -0.39 is 5.54 Å². The number of aryl methyl sites for hydroxylation is 1. The first-order chi connectivity index (χ1) is 10.1. The second-order valence-electron chi connectivity index (χ2n) is 5.85. The number of urea groups is 1. The van der Waals surface area contributed by atoms with Crippen LogP contribution >= 0.6 is 0 Å². The Morgan fingerprint density at radius 3 is 2.86 bits per heavy atom. The number of hydrogen-bond donors (Lipinski definition) is 3. The van der Waals surface area contributed by atoms with Crippen molar-refractivity contribution in [1.82, 2.24) is 25.4 Å². The summed E-state index contributed by atoms with van der Waals surface area (Å²) in [6.45, 7) is 4.78. The first-order valence-electron chi connectivity index (χ1n) is 7.67. The second kappa shape index (κ2) is 6.89. The van der Waals surface area contributed by atoms with Crippen molar-refractivity contribution >= 4 is 6.03 Å². The van der Waals surface area contributed by atoms with E-state index in [0.29, 0.717) is 0 Å². The van der Waals surface area contributed by atoms with Gasteiger partial charge in [-0.2, -0.15) is 0 Å². The van der Waals surface area contributed by atoms with Crippen molar-refractivity contribution in [2.24, 2.45) is 0 Å². The molecule has 21 heavy (non-hydrogen) atoms. The van der Waals surface area contributed by atoms with Crippen LogP contribution in [0.3, 0.4) is 0 Å². The van der Waals surface area contributed by atoms with E-state index >= 15 is 0 Å². The molecule has 1 aromatic rings. The lowest BCUT2D eigenvalue weighted by Gasteiger charge is -2.28. The zero-order chi connectivity index (χ0) is 15.3. The lowest BCUT2D eigenvalue weighted by Crippen LogP contribution is -2.53. The molecule has 1 aromatic heterocycles. The maximum Gasteiger partial charge on any atom is 0.315 e. The summed E-state index contributed by atoms with van der Waals surface area (Å²) in [4.78, 5) is 12.1. The third-order valence-electron chi connectivity index (χ3n) is 4.09. The number of hydrogen-bond acceptors (Lipinski definition) is 4. The Balaban J connectivity index is 1.94. The van der Waals surface area contributed by atoms with Gasteiger partial charge >= 0.3 is 6.03 Å². The Morgan fingerprint density at radius 2 is 2.24 bits per heavy atom. The monoisotopic (exact) mass is 295 g/mol. The smallest absolute Gasteiger partial charge is 0.315 e. The second-order valence-corrected chi connectivity index (χ2v) is 5.85. The summed E-state index contributed by atoms with van der Waals surface area (Å²) in [6, 6.07) is -0.485. The van der Waals surface area contributed by atoms with Crippen molar-refractivity contribution in [3.8, 4) is 0 Å². The van der Waals surface area contributed by atoms with E-state index in [4.69, 9.17) is 0 Å². The van der Waals surface area contributed by atoms with Crippen LogP contribution in [0.4, 0.5) is 4.79 Å². The topological polar surface area (TPSA) is 92.1 Å². The van der Waals surface area contributed by atoms with Gasteiger partial charge in [0.05, 0.1) is 18.2 Å². The highest BCUT2D eigenvalue weighted by atomic mass is 16.3. The molecule has 1 aliphatic carbocycles. The number of nitrogens with zero attached hydrogens (tertiary/aromatic N) is 3. The molecule has 1 fully saturated rings. The predicted octanol–water partition coefficient (Wildman–Crippen LogP) is 1.35. The molecule has 1 aliphatic rings. The highest BCUT2D eigenvalue weighted by Crippen LogP contribution is 2.29. The minimum Gasteiger partial charge on any atom is -0.394 e. The first-order valence-corrected chi connectivity index (χ1v) is 7.67. The van der Waals surface area contributed by atoms with Crippen LogP contribution in [0.15, 0.2) is 6.33 Å². The summed E-state index contributed by atoms with van der Waals surface area (Å²) in [5, 5.41) is 23.3. The summed E-state index contributed by atoms with van der Waals surface area (Å²) in [5.74, 6) is 0.747. The Labute approximate surface area is 125 Å². The lowest BCUT2D eigenvalue weighted by atomic mass is 9.99. The standard InChI is InChI=1S/C14H25N5O2/c1-3-8-19-10-15-18-12(19)11(2)16-13(21)17-14(9-20)6-4-5-7-14/h10-11,20H,3-9H2,1-2H3,(H2,16,17,21)/t11-/m1/s1. The van der Waals surface area contributed by atoms with Gasteiger partial charge in [-0.1, -0.05) is 19.8 Å². The van der Waals surface area contributed by atoms with E-state index in [-0.39, 0.29) is 18.7 Å².